The Morgan fingerprint density at radius 3 is 2.76 bits per heavy atom. The van der Waals surface area contributed by atoms with E-state index >= 15 is 0 Å². The van der Waals surface area contributed by atoms with Gasteiger partial charge in [0.25, 0.3) is 5.91 Å². The molecule has 1 aromatic carbocycles. The van der Waals surface area contributed by atoms with E-state index in [9.17, 15) is 15.0 Å². The Bertz CT molecular complexity index is 415. The molecule has 1 rings (SSSR count). The van der Waals surface area contributed by atoms with Gasteiger partial charge in [0.2, 0.25) is 0 Å². The number of hydrogen-bond donors (Lipinski definition) is 2. The Labute approximate surface area is 101 Å². The lowest BCUT2D eigenvalue weighted by Gasteiger charge is -2.20. The molecule has 0 aliphatic carbocycles. The van der Waals surface area contributed by atoms with E-state index in [0.29, 0.717) is 13.1 Å². The van der Waals surface area contributed by atoms with Crippen molar-refractivity contribution in [2.45, 2.75) is 13.3 Å². The number of phenols is 2. The lowest BCUT2D eigenvalue weighted by atomic mass is 10.1. The third kappa shape index (κ3) is 3.24. The van der Waals surface area contributed by atoms with E-state index < -0.39 is 0 Å². The first-order valence-corrected chi connectivity index (χ1v) is 5.52. The summed E-state index contributed by atoms with van der Waals surface area (Å²) in [5.74, 6) is -0.473. The van der Waals surface area contributed by atoms with Crippen LogP contribution >= 0.6 is 0 Å². The fraction of sp³-hybridized carbons (Fsp3) is 0.308. The lowest BCUT2D eigenvalue weighted by molar-refractivity contribution is 0.0770. The monoisotopic (exact) mass is 235 g/mol. The van der Waals surface area contributed by atoms with Crippen LogP contribution in [0.4, 0.5) is 0 Å². The maximum atomic E-state index is 12.1. The zero-order chi connectivity index (χ0) is 12.8. The number of aromatic hydroxyl groups is 2. The van der Waals surface area contributed by atoms with Crippen molar-refractivity contribution in [2.75, 3.05) is 13.1 Å². The van der Waals surface area contributed by atoms with E-state index in [1.807, 2.05) is 6.92 Å². The van der Waals surface area contributed by atoms with E-state index in [4.69, 9.17) is 0 Å². The van der Waals surface area contributed by atoms with E-state index in [-0.39, 0.29) is 23.0 Å². The van der Waals surface area contributed by atoms with Crippen LogP contribution in [0.1, 0.15) is 23.7 Å². The molecule has 0 heterocycles. The highest BCUT2D eigenvalue weighted by Gasteiger charge is 2.17. The zero-order valence-electron chi connectivity index (χ0n) is 9.89. The van der Waals surface area contributed by atoms with Gasteiger partial charge in [0.1, 0.15) is 11.5 Å². The maximum Gasteiger partial charge on any atom is 0.258 e. The predicted octanol–water partition coefficient (Wildman–Crippen LogP) is 2.14. The number of benzene rings is 1. The first kappa shape index (κ1) is 13.1. The molecule has 0 bridgehead atoms. The summed E-state index contributed by atoms with van der Waals surface area (Å²) in [5, 5.41) is 18.9. The van der Waals surface area contributed by atoms with Crippen molar-refractivity contribution >= 4 is 5.91 Å². The molecule has 4 heteroatoms. The maximum absolute atomic E-state index is 12.1. The smallest absolute Gasteiger partial charge is 0.258 e. The highest BCUT2D eigenvalue weighted by molar-refractivity contribution is 5.97. The van der Waals surface area contributed by atoms with Crippen molar-refractivity contribution in [2.24, 2.45) is 0 Å². The molecule has 0 unspecified atom stereocenters. The van der Waals surface area contributed by atoms with Crippen LogP contribution in [-0.4, -0.2) is 34.1 Å². The van der Waals surface area contributed by atoms with Crippen molar-refractivity contribution < 1.29 is 15.0 Å². The van der Waals surface area contributed by atoms with Crippen LogP contribution in [0, 0.1) is 0 Å². The minimum Gasteiger partial charge on any atom is -0.508 e. The van der Waals surface area contributed by atoms with Crippen LogP contribution in [-0.2, 0) is 0 Å². The Morgan fingerprint density at radius 1 is 1.47 bits per heavy atom. The van der Waals surface area contributed by atoms with Gasteiger partial charge in [-0.15, -0.1) is 6.58 Å². The number of carbonyl (C=O) groups excluding carboxylic acids is 1. The molecule has 0 aliphatic heterocycles. The second-order valence-corrected chi connectivity index (χ2v) is 3.74. The first-order valence-electron chi connectivity index (χ1n) is 5.52. The molecule has 0 fully saturated rings. The molecule has 0 saturated carbocycles. The standard InChI is InChI=1S/C13H17NO3/c1-3-7-14(8-4-2)13(17)11-9-10(15)5-6-12(11)16/h3,5-6,9,15-16H,1,4,7-8H2,2H3. The summed E-state index contributed by atoms with van der Waals surface area (Å²) in [6, 6.07) is 3.91. The van der Waals surface area contributed by atoms with Gasteiger partial charge < -0.3 is 15.1 Å². The third-order valence-corrected chi connectivity index (χ3v) is 2.34. The lowest BCUT2D eigenvalue weighted by Crippen LogP contribution is -2.31. The molecular weight excluding hydrogens is 218 g/mol. The SMILES string of the molecule is C=CCN(CCC)C(=O)c1cc(O)ccc1O. The van der Waals surface area contributed by atoms with Gasteiger partial charge >= 0.3 is 0 Å². The zero-order valence-corrected chi connectivity index (χ0v) is 9.89. The Kier molecular flexibility index (Phi) is 4.57. The number of amides is 1. The average Bonchev–Trinajstić information content (AvgIpc) is 2.31. The molecule has 2 N–H and O–H groups in total. The summed E-state index contributed by atoms with van der Waals surface area (Å²) in [7, 11) is 0. The molecule has 0 aromatic heterocycles. The largest absolute Gasteiger partial charge is 0.508 e. The van der Waals surface area contributed by atoms with Gasteiger partial charge in [-0.1, -0.05) is 13.0 Å². The van der Waals surface area contributed by atoms with Crippen LogP contribution in [0.3, 0.4) is 0 Å². The van der Waals surface area contributed by atoms with Gasteiger partial charge in [-0.25, -0.2) is 0 Å². The highest BCUT2D eigenvalue weighted by atomic mass is 16.3. The van der Waals surface area contributed by atoms with Crippen molar-refractivity contribution in [1.82, 2.24) is 4.90 Å². The molecule has 0 saturated heterocycles. The fourth-order valence-corrected chi connectivity index (χ4v) is 1.57. The summed E-state index contributed by atoms with van der Waals surface area (Å²) in [6.45, 7) is 6.56. The van der Waals surface area contributed by atoms with Crippen LogP contribution in [0.5, 0.6) is 11.5 Å². The Hall–Kier alpha value is -1.97. The molecule has 1 amide bonds. The van der Waals surface area contributed by atoms with E-state index in [1.54, 1.807) is 11.0 Å². The van der Waals surface area contributed by atoms with Gasteiger partial charge in [0.05, 0.1) is 5.56 Å². The van der Waals surface area contributed by atoms with Crippen LogP contribution in [0.2, 0.25) is 0 Å². The van der Waals surface area contributed by atoms with Crippen LogP contribution in [0.15, 0.2) is 30.9 Å². The molecule has 0 radical (unpaired) electrons. The molecule has 0 spiro atoms. The van der Waals surface area contributed by atoms with E-state index in [0.717, 1.165) is 6.42 Å². The van der Waals surface area contributed by atoms with Gasteiger partial charge in [0, 0.05) is 13.1 Å². The van der Waals surface area contributed by atoms with Crippen molar-refractivity contribution in [3.63, 3.8) is 0 Å². The summed E-state index contributed by atoms with van der Waals surface area (Å²) >= 11 is 0. The Balaban J connectivity index is 2.99. The Morgan fingerprint density at radius 2 is 2.18 bits per heavy atom. The molecule has 17 heavy (non-hydrogen) atoms. The second-order valence-electron chi connectivity index (χ2n) is 3.74. The quantitative estimate of drug-likeness (QED) is 0.607. The highest BCUT2D eigenvalue weighted by Crippen LogP contribution is 2.23. The van der Waals surface area contributed by atoms with Crippen LogP contribution in [0.25, 0.3) is 0 Å². The molecule has 0 aliphatic rings. The molecule has 0 atom stereocenters. The van der Waals surface area contributed by atoms with Crippen LogP contribution < -0.4 is 0 Å². The van der Waals surface area contributed by atoms with Crippen molar-refractivity contribution in [3.05, 3.63) is 36.4 Å². The molecule has 1 aromatic rings. The second kappa shape index (κ2) is 5.94. The third-order valence-electron chi connectivity index (χ3n) is 2.34. The summed E-state index contributed by atoms with van der Waals surface area (Å²) in [4.78, 5) is 13.7. The van der Waals surface area contributed by atoms with Crippen molar-refractivity contribution in [3.8, 4) is 11.5 Å². The van der Waals surface area contributed by atoms with E-state index in [2.05, 4.69) is 6.58 Å². The topological polar surface area (TPSA) is 60.8 Å². The molecule has 4 nitrogen and oxygen atoms in total. The number of phenolic OH excluding ortho intramolecular Hbond substituents is 2. The summed E-state index contributed by atoms with van der Waals surface area (Å²) in [5.41, 5.74) is 0.111. The van der Waals surface area contributed by atoms with Gasteiger partial charge in [-0.2, -0.15) is 0 Å². The first-order chi connectivity index (χ1) is 8.10. The normalized spacial score (nSPS) is 9.94. The van der Waals surface area contributed by atoms with E-state index in [1.165, 1.54) is 18.2 Å². The minimum atomic E-state index is -0.305. The number of rotatable bonds is 5. The minimum absolute atomic E-state index is 0.0406. The van der Waals surface area contributed by atoms with Gasteiger partial charge in [-0.3, -0.25) is 4.79 Å². The predicted molar refractivity (Wildman–Crippen MR) is 66.2 cm³/mol. The summed E-state index contributed by atoms with van der Waals surface area (Å²) < 4.78 is 0. The summed E-state index contributed by atoms with van der Waals surface area (Å²) in [6.07, 6.45) is 2.45. The number of carbonyl (C=O) groups is 1. The average molecular weight is 235 g/mol. The van der Waals surface area contributed by atoms with Gasteiger partial charge in [0.15, 0.2) is 0 Å². The van der Waals surface area contributed by atoms with Crippen molar-refractivity contribution in [1.29, 1.82) is 0 Å². The van der Waals surface area contributed by atoms with Gasteiger partial charge in [-0.05, 0) is 24.6 Å². The number of nitrogens with zero attached hydrogens (tertiary/aromatic N) is 1. The number of hydrogen-bond acceptors (Lipinski definition) is 3. The fourth-order valence-electron chi connectivity index (χ4n) is 1.57. The molecular formula is C13H17NO3. The molecule has 92 valence electrons.